The van der Waals surface area contributed by atoms with E-state index in [1.165, 1.54) is 0 Å². The molecular formula is C19H27NO4S. The monoisotopic (exact) mass is 365 g/mol. The van der Waals surface area contributed by atoms with Crippen molar-refractivity contribution in [3.63, 3.8) is 0 Å². The largest absolute Gasteiger partial charge is 0.466 e. The Morgan fingerprint density at radius 3 is 2.36 bits per heavy atom. The molecule has 1 aromatic rings. The molecule has 138 valence electrons. The van der Waals surface area contributed by atoms with Crippen molar-refractivity contribution in [2.45, 2.75) is 63.5 Å². The van der Waals surface area contributed by atoms with Gasteiger partial charge in [-0.2, -0.15) is 5.26 Å². The van der Waals surface area contributed by atoms with E-state index >= 15 is 0 Å². The number of carbonyl (C=O) groups excluding carboxylic acids is 1. The summed E-state index contributed by atoms with van der Waals surface area (Å²) in [6.07, 6.45) is 2.07. The first-order valence-corrected chi connectivity index (χ1v) is 10.1. The van der Waals surface area contributed by atoms with Crippen LogP contribution in [0.2, 0.25) is 0 Å². The van der Waals surface area contributed by atoms with Gasteiger partial charge in [0.2, 0.25) is 0 Å². The van der Waals surface area contributed by atoms with Crippen molar-refractivity contribution in [1.29, 1.82) is 5.26 Å². The fourth-order valence-electron chi connectivity index (χ4n) is 2.51. The van der Waals surface area contributed by atoms with E-state index < -0.39 is 20.5 Å². The Bertz CT molecular complexity index is 715. The number of benzene rings is 1. The van der Waals surface area contributed by atoms with E-state index in [2.05, 4.69) is 0 Å². The molecule has 1 atom stereocenters. The third-order valence-corrected chi connectivity index (χ3v) is 6.23. The average Bonchev–Trinajstić information content (AvgIpc) is 2.55. The van der Waals surface area contributed by atoms with Crippen molar-refractivity contribution in [3.05, 3.63) is 29.8 Å². The lowest BCUT2D eigenvalue weighted by Crippen LogP contribution is -2.26. The summed E-state index contributed by atoms with van der Waals surface area (Å²) in [7, 11) is -3.66. The van der Waals surface area contributed by atoms with E-state index in [0.717, 1.165) is 5.56 Å². The number of nitriles is 1. The number of rotatable bonds is 9. The molecule has 1 rings (SSSR count). The van der Waals surface area contributed by atoms with Gasteiger partial charge in [0.15, 0.2) is 15.1 Å². The quantitative estimate of drug-likeness (QED) is 0.491. The predicted octanol–water partition coefficient (Wildman–Crippen LogP) is 3.81. The molecule has 0 aliphatic rings. The fourth-order valence-corrected chi connectivity index (χ4v) is 3.97. The zero-order valence-corrected chi connectivity index (χ0v) is 16.2. The minimum Gasteiger partial charge on any atom is -0.466 e. The van der Waals surface area contributed by atoms with Gasteiger partial charge < -0.3 is 4.74 Å². The second kappa shape index (κ2) is 9.00. The molecule has 1 unspecified atom stereocenters. The van der Waals surface area contributed by atoms with Crippen LogP contribution in [-0.4, -0.2) is 26.2 Å². The van der Waals surface area contributed by atoms with Crippen molar-refractivity contribution >= 4 is 15.8 Å². The molecule has 0 N–H and O–H groups in total. The Kier molecular flexibility index (Phi) is 7.62. The van der Waals surface area contributed by atoms with E-state index in [-0.39, 0.29) is 17.3 Å². The fraction of sp³-hybridized carbons (Fsp3) is 0.579. The van der Waals surface area contributed by atoms with Gasteiger partial charge in [-0.15, -0.1) is 0 Å². The number of nitrogens with zero attached hydrogens (tertiary/aromatic N) is 1. The molecule has 0 bridgehead atoms. The van der Waals surface area contributed by atoms with Gasteiger partial charge in [0.05, 0.1) is 23.0 Å². The Balaban J connectivity index is 2.64. The van der Waals surface area contributed by atoms with Gasteiger partial charge in [-0.1, -0.05) is 30.5 Å². The van der Waals surface area contributed by atoms with Gasteiger partial charge in [-0.25, -0.2) is 8.42 Å². The molecule has 0 heterocycles. The van der Waals surface area contributed by atoms with Crippen LogP contribution in [0, 0.1) is 23.7 Å². The molecule has 0 saturated carbocycles. The Morgan fingerprint density at radius 2 is 1.84 bits per heavy atom. The smallest absolute Gasteiger partial charge is 0.311 e. The first kappa shape index (κ1) is 21.2. The maximum absolute atomic E-state index is 12.6. The van der Waals surface area contributed by atoms with Gasteiger partial charge in [-0.05, 0) is 52.7 Å². The number of aryl methyl sites for hydroxylation is 1. The first-order chi connectivity index (χ1) is 11.6. The molecular weight excluding hydrogens is 338 g/mol. The van der Waals surface area contributed by atoms with Crippen LogP contribution < -0.4 is 0 Å². The topological polar surface area (TPSA) is 84.2 Å². The van der Waals surface area contributed by atoms with Crippen LogP contribution in [-0.2, 0) is 19.4 Å². The molecule has 5 nitrogen and oxygen atoms in total. The maximum Gasteiger partial charge on any atom is 0.311 e. The standard InChI is InChI=1S/C19H27NO4S/c1-5-24-18(21)19(3,4)13-7-6-8-17(14-20)25(22,23)16-11-9-15(2)10-12-16/h9-12,17H,5-8,13H2,1-4H3. The van der Waals surface area contributed by atoms with Gasteiger partial charge in [0.25, 0.3) is 0 Å². The SMILES string of the molecule is CCOC(=O)C(C)(C)CCCCC(C#N)S(=O)(=O)c1ccc(C)cc1. The first-order valence-electron chi connectivity index (χ1n) is 8.52. The minimum absolute atomic E-state index is 0.177. The summed E-state index contributed by atoms with van der Waals surface area (Å²) >= 11 is 0. The third-order valence-electron chi connectivity index (χ3n) is 4.21. The summed E-state index contributed by atoms with van der Waals surface area (Å²) in [4.78, 5) is 12.0. The summed E-state index contributed by atoms with van der Waals surface area (Å²) in [5.41, 5.74) is 0.363. The van der Waals surface area contributed by atoms with E-state index in [1.807, 2.05) is 26.8 Å². The molecule has 25 heavy (non-hydrogen) atoms. The number of esters is 1. The molecule has 0 amide bonds. The highest BCUT2D eigenvalue weighted by atomic mass is 32.2. The van der Waals surface area contributed by atoms with Crippen LogP contribution in [0.4, 0.5) is 0 Å². The zero-order valence-electron chi connectivity index (χ0n) is 15.4. The van der Waals surface area contributed by atoms with E-state index in [1.54, 1.807) is 31.2 Å². The molecule has 0 aliphatic heterocycles. The molecule has 0 radical (unpaired) electrons. The van der Waals surface area contributed by atoms with Crippen LogP contribution in [0.5, 0.6) is 0 Å². The number of unbranched alkanes of at least 4 members (excludes halogenated alkanes) is 1. The van der Waals surface area contributed by atoms with Gasteiger partial charge in [0, 0.05) is 0 Å². The number of sulfone groups is 1. The highest BCUT2D eigenvalue weighted by Gasteiger charge is 2.30. The summed E-state index contributed by atoms with van der Waals surface area (Å²) in [6.45, 7) is 7.62. The van der Waals surface area contributed by atoms with Gasteiger partial charge in [-0.3, -0.25) is 4.79 Å². The van der Waals surface area contributed by atoms with E-state index in [0.29, 0.717) is 25.9 Å². The van der Waals surface area contributed by atoms with Crippen LogP contribution in [0.1, 0.15) is 52.0 Å². The summed E-state index contributed by atoms with van der Waals surface area (Å²) in [6, 6.07) is 8.45. The molecule has 0 fully saturated rings. The van der Waals surface area contributed by atoms with Crippen molar-refractivity contribution < 1.29 is 17.9 Å². The Hall–Kier alpha value is -1.87. The predicted molar refractivity (Wildman–Crippen MR) is 96.6 cm³/mol. The molecule has 0 aromatic heterocycles. The van der Waals surface area contributed by atoms with Crippen LogP contribution in [0.25, 0.3) is 0 Å². The lowest BCUT2D eigenvalue weighted by molar-refractivity contribution is -0.153. The molecule has 0 aliphatic carbocycles. The van der Waals surface area contributed by atoms with Crippen LogP contribution in [0.15, 0.2) is 29.2 Å². The highest BCUT2D eigenvalue weighted by Crippen LogP contribution is 2.27. The second-order valence-corrected chi connectivity index (χ2v) is 8.96. The molecule has 6 heteroatoms. The summed E-state index contributed by atoms with van der Waals surface area (Å²) < 4.78 is 30.2. The lowest BCUT2D eigenvalue weighted by atomic mass is 9.87. The highest BCUT2D eigenvalue weighted by molar-refractivity contribution is 7.92. The number of hydrogen-bond acceptors (Lipinski definition) is 5. The second-order valence-electron chi connectivity index (χ2n) is 6.83. The van der Waals surface area contributed by atoms with Crippen molar-refractivity contribution in [3.8, 4) is 6.07 Å². The lowest BCUT2D eigenvalue weighted by Gasteiger charge is -2.22. The number of ether oxygens (including phenoxy) is 1. The summed E-state index contributed by atoms with van der Waals surface area (Å²) in [5, 5.41) is 8.22. The van der Waals surface area contributed by atoms with Gasteiger partial charge in [0.1, 0.15) is 0 Å². The maximum atomic E-state index is 12.6. The normalized spacial score (nSPS) is 13.1. The molecule has 1 aromatic carbocycles. The average molecular weight is 365 g/mol. The number of hydrogen-bond donors (Lipinski definition) is 0. The number of carbonyl (C=O) groups is 1. The van der Waals surface area contributed by atoms with Gasteiger partial charge >= 0.3 is 5.97 Å². The van der Waals surface area contributed by atoms with E-state index in [9.17, 15) is 18.5 Å². The van der Waals surface area contributed by atoms with Crippen molar-refractivity contribution in [2.75, 3.05) is 6.61 Å². The Morgan fingerprint density at radius 1 is 1.24 bits per heavy atom. The molecule has 0 saturated heterocycles. The van der Waals surface area contributed by atoms with E-state index in [4.69, 9.17) is 4.74 Å². The third kappa shape index (κ3) is 5.86. The van der Waals surface area contributed by atoms with Crippen molar-refractivity contribution in [2.24, 2.45) is 5.41 Å². The van der Waals surface area contributed by atoms with Crippen molar-refractivity contribution in [1.82, 2.24) is 0 Å². The van der Waals surface area contributed by atoms with Crippen LogP contribution >= 0.6 is 0 Å². The Labute approximate surface area is 150 Å². The summed E-state index contributed by atoms with van der Waals surface area (Å²) in [5.74, 6) is -0.251. The molecule has 0 spiro atoms. The minimum atomic E-state index is -3.66. The van der Waals surface area contributed by atoms with Crippen LogP contribution in [0.3, 0.4) is 0 Å². The zero-order chi connectivity index (χ0) is 19.1.